The number of rotatable bonds is 4. The van der Waals surface area contributed by atoms with Gasteiger partial charge in [-0.25, -0.2) is 4.98 Å². The minimum atomic E-state index is -0.293. The molecule has 0 aliphatic heterocycles. The molecule has 104 valence electrons. The summed E-state index contributed by atoms with van der Waals surface area (Å²) < 4.78 is 0. The zero-order chi connectivity index (χ0) is 14.5. The van der Waals surface area contributed by atoms with Crippen LogP contribution in [-0.2, 0) is 0 Å². The van der Waals surface area contributed by atoms with Crippen molar-refractivity contribution in [2.45, 2.75) is 6.92 Å². The van der Waals surface area contributed by atoms with E-state index in [9.17, 15) is 4.79 Å². The fraction of sp³-hybridized carbons (Fsp3) is 0.143. The number of benzene rings is 1. The van der Waals surface area contributed by atoms with Crippen molar-refractivity contribution in [2.24, 2.45) is 0 Å². The van der Waals surface area contributed by atoms with Crippen molar-refractivity contribution >= 4 is 40.6 Å². The summed E-state index contributed by atoms with van der Waals surface area (Å²) in [6.45, 7) is 2.61. The van der Waals surface area contributed by atoms with Gasteiger partial charge in [0.25, 0.3) is 5.91 Å². The Morgan fingerprint density at radius 2 is 2.05 bits per heavy atom. The van der Waals surface area contributed by atoms with Crippen LogP contribution in [0.3, 0.4) is 0 Å². The summed E-state index contributed by atoms with van der Waals surface area (Å²) in [6, 6.07) is 8.47. The lowest BCUT2D eigenvalue weighted by atomic mass is 10.2. The van der Waals surface area contributed by atoms with Crippen LogP contribution in [-0.4, -0.2) is 17.4 Å². The molecular formula is C14H13Cl2N3O. The molecule has 0 bridgehead atoms. The van der Waals surface area contributed by atoms with E-state index in [2.05, 4.69) is 15.6 Å². The summed E-state index contributed by atoms with van der Waals surface area (Å²) in [4.78, 5) is 16.4. The second-order valence-electron chi connectivity index (χ2n) is 3.99. The van der Waals surface area contributed by atoms with E-state index in [0.717, 1.165) is 0 Å². The Kier molecular flexibility index (Phi) is 4.82. The number of amides is 1. The molecule has 1 aromatic heterocycles. The maximum atomic E-state index is 12.3. The Balaban J connectivity index is 2.26. The minimum absolute atomic E-state index is 0.293. The average Bonchev–Trinajstić information content (AvgIpc) is 2.45. The van der Waals surface area contributed by atoms with Gasteiger partial charge in [-0.15, -0.1) is 0 Å². The first-order valence-corrected chi connectivity index (χ1v) is 6.83. The third kappa shape index (κ3) is 3.21. The van der Waals surface area contributed by atoms with E-state index in [1.54, 1.807) is 36.5 Å². The maximum absolute atomic E-state index is 12.3. The Morgan fingerprint density at radius 1 is 1.25 bits per heavy atom. The molecular weight excluding hydrogens is 297 g/mol. The molecule has 0 spiro atoms. The normalized spacial score (nSPS) is 10.2. The number of nitrogens with zero attached hydrogens (tertiary/aromatic N) is 1. The van der Waals surface area contributed by atoms with Crippen LogP contribution in [0.15, 0.2) is 36.5 Å². The minimum Gasteiger partial charge on any atom is -0.370 e. The summed E-state index contributed by atoms with van der Waals surface area (Å²) in [6.07, 6.45) is 1.63. The summed E-state index contributed by atoms with van der Waals surface area (Å²) in [5.41, 5.74) is 0.917. The predicted molar refractivity (Wildman–Crippen MR) is 82.8 cm³/mol. The van der Waals surface area contributed by atoms with Crippen molar-refractivity contribution in [1.29, 1.82) is 0 Å². The highest BCUT2D eigenvalue weighted by Crippen LogP contribution is 2.30. The quantitative estimate of drug-likeness (QED) is 0.895. The van der Waals surface area contributed by atoms with Gasteiger partial charge in [-0.3, -0.25) is 4.79 Å². The zero-order valence-corrected chi connectivity index (χ0v) is 12.3. The average molecular weight is 310 g/mol. The van der Waals surface area contributed by atoms with Gasteiger partial charge in [-0.1, -0.05) is 29.3 Å². The number of nitrogens with one attached hydrogen (secondary N) is 2. The Hall–Kier alpha value is -1.78. The standard InChI is InChI=1S/C14H13Cl2N3O/c1-2-17-13-9(5-4-8-18-13)14(20)19-11-7-3-6-10(15)12(11)16/h3-8H,2H2,1H3,(H,17,18)(H,19,20). The number of hydrogen-bond donors (Lipinski definition) is 2. The second kappa shape index (κ2) is 6.59. The molecule has 20 heavy (non-hydrogen) atoms. The number of anilines is 2. The molecule has 2 N–H and O–H groups in total. The zero-order valence-electron chi connectivity index (χ0n) is 10.8. The highest BCUT2D eigenvalue weighted by atomic mass is 35.5. The molecule has 2 rings (SSSR count). The van der Waals surface area contributed by atoms with Gasteiger partial charge >= 0.3 is 0 Å². The Labute approximate surface area is 127 Å². The third-order valence-corrected chi connectivity index (χ3v) is 3.42. The third-order valence-electron chi connectivity index (χ3n) is 2.60. The summed E-state index contributed by atoms with van der Waals surface area (Å²) in [7, 11) is 0. The molecule has 2 aromatic rings. The fourth-order valence-electron chi connectivity index (χ4n) is 1.69. The molecule has 0 aliphatic rings. The van der Waals surface area contributed by atoms with Crippen LogP contribution in [0.2, 0.25) is 10.0 Å². The Morgan fingerprint density at radius 3 is 2.80 bits per heavy atom. The lowest BCUT2D eigenvalue weighted by molar-refractivity contribution is 0.102. The lowest BCUT2D eigenvalue weighted by Gasteiger charge is -2.11. The molecule has 0 radical (unpaired) electrons. The van der Waals surface area contributed by atoms with E-state index >= 15 is 0 Å². The number of pyridine rings is 1. The second-order valence-corrected chi connectivity index (χ2v) is 4.77. The number of carbonyl (C=O) groups excluding carboxylic acids is 1. The van der Waals surface area contributed by atoms with Gasteiger partial charge in [-0.05, 0) is 31.2 Å². The van der Waals surface area contributed by atoms with E-state index in [1.165, 1.54) is 0 Å². The smallest absolute Gasteiger partial charge is 0.259 e. The van der Waals surface area contributed by atoms with Crippen LogP contribution in [0, 0.1) is 0 Å². The van der Waals surface area contributed by atoms with E-state index in [1.807, 2.05) is 6.92 Å². The van der Waals surface area contributed by atoms with E-state index in [4.69, 9.17) is 23.2 Å². The van der Waals surface area contributed by atoms with Crippen molar-refractivity contribution in [3.8, 4) is 0 Å². The number of halogens is 2. The van der Waals surface area contributed by atoms with Crippen LogP contribution in [0.25, 0.3) is 0 Å². The van der Waals surface area contributed by atoms with Gasteiger partial charge in [0.05, 0.1) is 21.3 Å². The summed E-state index contributed by atoms with van der Waals surface area (Å²) in [5.74, 6) is 0.240. The predicted octanol–water partition coefficient (Wildman–Crippen LogP) is 4.07. The molecule has 1 amide bonds. The molecule has 1 heterocycles. The molecule has 0 saturated heterocycles. The summed E-state index contributed by atoms with van der Waals surface area (Å²) in [5, 5.41) is 6.48. The highest BCUT2D eigenvalue weighted by Gasteiger charge is 2.14. The van der Waals surface area contributed by atoms with Gasteiger partial charge < -0.3 is 10.6 Å². The molecule has 0 aliphatic carbocycles. The first-order chi connectivity index (χ1) is 9.63. The molecule has 0 saturated carbocycles. The van der Waals surface area contributed by atoms with Crippen molar-refractivity contribution in [1.82, 2.24) is 4.98 Å². The summed E-state index contributed by atoms with van der Waals surface area (Å²) >= 11 is 12.0. The SMILES string of the molecule is CCNc1ncccc1C(=O)Nc1cccc(Cl)c1Cl. The molecule has 1 aromatic carbocycles. The monoisotopic (exact) mass is 309 g/mol. The molecule has 0 atom stereocenters. The number of aromatic nitrogens is 1. The first-order valence-electron chi connectivity index (χ1n) is 6.07. The van der Waals surface area contributed by atoms with Gasteiger partial charge in [0, 0.05) is 12.7 Å². The van der Waals surface area contributed by atoms with Gasteiger partial charge in [-0.2, -0.15) is 0 Å². The van der Waals surface area contributed by atoms with Crippen molar-refractivity contribution in [2.75, 3.05) is 17.2 Å². The molecule has 0 fully saturated rings. The van der Waals surface area contributed by atoms with E-state index < -0.39 is 0 Å². The van der Waals surface area contributed by atoms with Gasteiger partial charge in [0.15, 0.2) is 0 Å². The molecule has 6 heteroatoms. The largest absolute Gasteiger partial charge is 0.370 e. The fourth-order valence-corrected chi connectivity index (χ4v) is 2.03. The van der Waals surface area contributed by atoms with Crippen molar-refractivity contribution in [3.05, 3.63) is 52.1 Å². The van der Waals surface area contributed by atoms with Crippen LogP contribution >= 0.6 is 23.2 Å². The van der Waals surface area contributed by atoms with Gasteiger partial charge in [0.2, 0.25) is 0 Å². The van der Waals surface area contributed by atoms with Crippen LogP contribution in [0.1, 0.15) is 17.3 Å². The van der Waals surface area contributed by atoms with Crippen LogP contribution in [0.5, 0.6) is 0 Å². The highest BCUT2D eigenvalue weighted by molar-refractivity contribution is 6.44. The van der Waals surface area contributed by atoms with Crippen molar-refractivity contribution < 1.29 is 4.79 Å². The first kappa shape index (κ1) is 14.6. The molecule has 0 unspecified atom stereocenters. The number of hydrogen-bond acceptors (Lipinski definition) is 3. The Bertz CT molecular complexity index is 632. The topological polar surface area (TPSA) is 54.0 Å². The number of carbonyl (C=O) groups is 1. The van der Waals surface area contributed by atoms with E-state index in [0.29, 0.717) is 33.7 Å². The lowest BCUT2D eigenvalue weighted by Crippen LogP contribution is -2.15. The van der Waals surface area contributed by atoms with Crippen LogP contribution in [0.4, 0.5) is 11.5 Å². The van der Waals surface area contributed by atoms with Crippen LogP contribution < -0.4 is 10.6 Å². The van der Waals surface area contributed by atoms with E-state index in [-0.39, 0.29) is 5.91 Å². The van der Waals surface area contributed by atoms with Crippen molar-refractivity contribution in [3.63, 3.8) is 0 Å². The molecule has 4 nitrogen and oxygen atoms in total. The van der Waals surface area contributed by atoms with Gasteiger partial charge in [0.1, 0.15) is 5.82 Å². The maximum Gasteiger partial charge on any atom is 0.259 e.